The van der Waals surface area contributed by atoms with Crippen LogP contribution in [0.3, 0.4) is 0 Å². The minimum absolute atomic E-state index is 0.864. The van der Waals surface area contributed by atoms with E-state index in [9.17, 15) is 0 Å². The van der Waals surface area contributed by atoms with Gasteiger partial charge in [0.25, 0.3) is 0 Å². The smallest absolute Gasteiger partial charge is 0.0236 e. The van der Waals surface area contributed by atoms with Crippen LogP contribution in [0.25, 0.3) is 0 Å². The first kappa shape index (κ1) is 12.2. The van der Waals surface area contributed by atoms with Crippen molar-refractivity contribution in [2.45, 2.75) is 51.6 Å². The van der Waals surface area contributed by atoms with Gasteiger partial charge >= 0.3 is 0 Å². The Morgan fingerprint density at radius 3 is 2.67 bits per heavy atom. The van der Waals surface area contributed by atoms with Gasteiger partial charge in [-0.15, -0.1) is 0 Å². The summed E-state index contributed by atoms with van der Waals surface area (Å²) in [6.45, 7) is 4.94. The third kappa shape index (κ3) is 2.47. The molecule has 3 atom stereocenters. The summed E-state index contributed by atoms with van der Waals surface area (Å²) in [5, 5.41) is 0. The molecule has 0 N–H and O–H groups in total. The predicted molar refractivity (Wildman–Crippen MR) is 76.4 cm³/mol. The molecule has 18 heavy (non-hydrogen) atoms. The highest BCUT2D eigenvalue weighted by molar-refractivity contribution is 5.15. The van der Waals surface area contributed by atoms with Gasteiger partial charge in [-0.1, -0.05) is 50.1 Å². The first-order chi connectivity index (χ1) is 8.84. The van der Waals surface area contributed by atoms with Crippen molar-refractivity contribution in [2.24, 2.45) is 11.8 Å². The van der Waals surface area contributed by atoms with E-state index < -0.39 is 0 Å². The molecular weight excluding hydrogens is 218 g/mol. The van der Waals surface area contributed by atoms with Gasteiger partial charge in [-0.05, 0) is 43.2 Å². The molecule has 1 aromatic carbocycles. The zero-order valence-corrected chi connectivity index (χ0v) is 11.5. The molecule has 0 aromatic heterocycles. The van der Waals surface area contributed by atoms with Crippen molar-refractivity contribution in [2.75, 3.05) is 6.54 Å². The summed E-state index contributed by atoms with van der Waals surface area (Å²) in [6.07, 6.45) is 7.21. The van der Waals surface area contributed by atoms with Crippen molar-refractivity contribution < 1.29 is 0 Å². The third-order valence-electron chi connectivity index (χ3n) is 5.08. The summed E-state index contributed by atoms with van der Waals surface area (Å²) in [5.41, 5.74) is 1.48. The van der Waals surface area contributed by atoms with Crippen LogP contribution < -0.4 is 0 Å². The average molecular weight is 243 g/mol. The molecule has 0 unspecified atom stereocenters. The van der Waals surface area contributed by atoms with Crippen molar-refractivity contribution in [1.29, 1.82) is 0 Å². The molecule has 1 aromatic rings. The summed E-state index contributed by atoms with van der Waals surface area (Å²) in [7, 11) is 0. The molecule has 0 spiro atoms. The van der Waals surface area contributed by atoms with Crippen LogP contribution in [0.2, 0.25) is 0 Å². The van der Waals surface area contributed by atoms with E-state index >= 15 is 0 Å². The summed E-state index contributed by atoms with van der Waals surface area (Å²) in [5.74, 6) is 1.92. The van der Waals surface area contributed by atoms with E-state index in [0.717, 1.165) is 24.4 Å². The van der Waals surface area contributed by atoms with Crippen LogP contribution in [-0.2, 0) is 6.54 Å². The van der Waals surface area contributed by atoms with Crippen LogP contribution in [0.4, 0.5) is 0 Å². The van der Waals surface area contributed by atoms with Crippen LogP contribution in [0.15, 0.2) is 30.3 Å². The Balaban J connectivity index is 1.71. The lowest BCUT2D eigenvalue weighted by Crippen LogP contribution is -2.49. The second kappa shape index (κ2) is 5.44. The van der Waals surface area contributed by atoms with Gasteiger partial charge in [0.05, 0.1) is 0 Å². The fraction of sp³-hybridized carbons (Fsp3) is 0.647. The highest BCUT2D eigenvalue weighted by Gasteiger charge is 2.36. The predicted octanol–water partition coefficient (Wildman–Crippen LogP) is 4.09. The maximum absolute atomic E-state index is 2.76. The third-order valence-corrected chi connectivity index (χ3v) is 5.08. The van der Waals surface area contributed by atoms with Gasteiger partial charge in [-0.2, -0.15) is 0 Å². The molecule has 0 amide bonds. The number of rotatable bonds is 2. The summed E-state index contributed by atoms with van der Waals surface area (Å²) in [6, 6.07) is 11.9. The zero-order valence-electron chi connectivity index (χ0n) is 11.5. The fourth-order valence-electron chi connectivity index (χ4n) is 4.02. The van der Waals surface area contributed by atoms with Gasteiger partial charge in [-0.3, -0.25) is 4.90 Å². The molecule has 0 radical (unpaired) electrons. The van der Waals surface area contributed by atoms with E-state index in [1.54, 1.807) is 0 Å². The number of benzene rings is 1. The van der Waals surface area contributed by atoms with Crippen LogP contribution in [0, 0.1) is 11.8 Å². The molecule has 1 aliphatic carbocycles. The van der Waals surface area contributed by atoms with Gasteiger partial charge in [0.15, 0.2) is 0 Å². The van der Waals surface area contributed by atoms with Crippen molar-refractivity contribution in [3.05, 3.63) is 35.9 Å². The Morgan fingerprint density at radius 1 is 1.06 bits per heavy atom. The van der Waals surface area contributed by atoms with E-state index in [4.69, 9.17) is 0 Å². The Labute approximate surface area is 111 Å². The summed E-state index contributed by atoms with van der Waals surface area (Å²) >= 11 is 0. The molecule has 1 heterocycles. The molecule has 1 heteroatoms. The molecule has 2 aliphatic rings. The van der Waals surface area contributed by atoms with Crippen molar-refractivity contribution in [3.63, 3.8) is 0 Å². The maximum Gasteiger partial charge on any atom is 0.0236 e. The van der Waals surface area contributed by atoms with Gasteiger partial charge in [-0.25, -0.2) is 0 Å². The van der Waals surface area contributed by atoms with E-state index in [-0.39, 0.29) is 0 Å². The average Bonchev–Trinajstić information content (AvgIpc) is 2.44. The number of nitrogens with zero attached hydrogens (tertiary/aromatic N) is 1. The molecule has 1 saturated carbocycles. The van der Waals surface area contributed by atoms with E-state index in [1.165, 1.54) is 44.2 Å². The molecule has 1 nitrogen and oxygen atoms in total. The lowest BCUT2D eigenvalue weighted by atomic mass is 9.72. The second-order valence-corrected chi connectivity index (χ2v) is 6.24. The summed E-state index contributed by atoms with van der Waals surface area (Å²) in [4.78, 5) is 2.76. The minimum atomic E-state index is 0.864. The normalized spacial score (nSPS) is 33.1. The topological polar surface area (TPSA) is 3.24 Å². The Kier molecular flexibility index (Phi) is 3.69. The van der Waals surface area contributed by atoms with Crippen LogP contribution in [0.5, 0.6) is 0 Å². The Hall–Kier alpha value is -0.820. The van der Waals surface area contributed by atoms with Crippen molar-refractivity contribution >= 4 is 0 Å². The molecular formula is C17H25N. The first-order valence-corrected chi connectivity index (χ1v) is 7.62. The largest absolute Gasteiger partial charge is 0.296 e. The van der Waals surface area contributed by atoms with E-state index in [1.807, 2.05) is 0 Å². The fourth-order valence-corrected chi connectivity index (χ4v) is 4.02. The van der Waals surface area contributed by atoms with E-state index in [0.29, 0.717) is 0 Å². The zero-order chi connectivity index (χ0) is 12.4. The highest BCUT2D eigenvalue weighted by Crippen LogP contribution is 2.39. The van der Waals surface area contributed by atoms with Crippen LogP contribution >= 0.6 is 0 Å². The monoisotopic (exact) mass is 243 g/mol. The molecule has 1 saturated heterocycles. The van der Waals surface area contributed by atoms with Crippen LogP contribution in [0.1, 0.15) is 44.6 Å². The number of likely N-dealkylation sites (tertiary alicyclic amines) is 1. The number of piperidine rings is 1. The van der Waals surface area contributed by atoms with Gasteiger partial charge in [0.1, 0.15) is 0 Å². The Morgan fingerprint density at radius 2 is 1.83 bits per heavy atom. The standard InChI is InChI=1S/C17H25N/c1-14-11-12-18(13-15-7-3-2-4-8-15)17-10-6-5-9-16(14)17/h2-4,7-8,14,16-17H,5-6,9-13H2,1H3/t14-,16-,17-/m1/s1. The number of hydrogen-bond donors (Lipinski definition) is 0. The second-order valence-electron chi connectivity index (χ2n) is 6.24. The van der Waals surface area contributed by atoms with Crippen molar-refractivity contribution in [1.82, 2.24) is 4.90 Å². The van der Waals surface area contributed by atoms with Gasteiger partial charge < -0.3 is 0 Å². The van der Waals surface area contributed by atoms with Crippen LogP contribution in [-0.4, -0.2) is 17.5 Å². The first-order valence-electron chi connectivity index (χ1n) is 7.62. The highest BCUT2D eigenvalue weighted by atomic mass is 15.2. The number of hydrogen-bond acceptors (Lipinski definition) is 1. The van der Waals surface area contributed by atoms with Gasteiger partial charge in [0, 0.05) is 12.6 Å². The lowest BCUT2D eigenvalue weighted by Gasteiger charge is -2.47. The summed E-state index contributed by atoms with van der Waals surface area (Å²) < 4.78 is 0. The van der Waals surface area contributed by atoms with Crippen molar-refractivity contribution in [3.8, 4) is 0 Å². The van der Waals surface area contributed by atoms with Gasteiger partial charge in [0.2, 0.25) is 0 Å². The molecule has 3 rings (SSSR count). The number of fused-ring (bicyclic) bond motifs is 1. The molecule has 98 valence electrons. The Bertz CT molecular complexity index is 372. The lowest BCUT2D eigenvalue weighted by molar-refractivity contribution is 0.0204. The minimum Gasteiger partial charge on any atom is -0.296 e. The quantitative estimate of drug-likeness (QED) is 0.756. The molecule has 1 aliphatic heterocycles. The molecule has 0 bridgehead atoms. The SMILES string of the molecule is C[C@@H]1CCN(Cc2ccccc2)[C@@H]2CCCC[C@H]12. The maximum atomic E-state index is 2.76. The van der Waals surface area contributed by atoms with E-state index in [2.05, 4.69) is 42.2 Å². The molecule has 2 fully saturated rings.